The number of nitrogens with zero attached hydrogens (tertiary/aromatic N) is 1. The minimum atomic E-state index is -1.17. The zero-order chi connectivity index (χ0) is 27.9. The molecule has 7 rings (SSSR count). The number of benzene rings is 3. The third kappa shape index (κ3) is 4.85. The van der Waals surface area contributed by atoms with Gasteiger partial charge in [0.15, 0.2) is 6.23 Å². The van der Waals surface area contributed by atoms with Gasteiger partial charge in [-0.25, -0.2) is 4.79 Å². The van der Waals surface area contributed by atoms with Gasteiger partial charge in [0.1, 0.15) is 0 Å². The largest absolute Gasteiger partial charge is 0.465 e. The summed E-state index contributed by atoms with van der Waals surface area (Å²) in [6.07, 6.45) is 3.74. The smallest absolute Gasteiger partial charge is 0.407 e. The molecule has 6 nitrogen and oxygen atoms in total. The highest BCUT2D eigenvalue weighted by Crippen LogP contribution is 2.66. The fraction of sp³-hybridized carbons (Fsp3) is 0.412. The van der Waals surface area contributed by atoms with Gasteiger partial charge >= 0.3 is 12.1 Å². The van der Waals surface area contributed by atoms with Crippen LogP contribution in [-0.2, 0) is 14.9 Å². The second kappa shape index (κ2) is 10.3. The van der Waals surface area contributed by atoms with Gasteiger partial charge in [-0.3, -0.25) is 10.1 Å². The van der Waals surface area contributed by atoms with E-state index in [9.17, 15) is 14.7 Å². The van der Waals surface area contributed by atoms with Gasteiger partial charge in [0.2, 0.25) is 0 Å². The van der Waals surface area contributed by atoms with E-state index in [1.165, 1.54) is 5.56 Å². The van der Waals surface area contributed by atoms with Crippen LogP contribution < -0.4 is 10.2 Å². The first-order valence-corrected chi connectivity index (χ1v) is 14.5. The molecule has 208 valence electrons. The van der Waals surface area contributed by atoms with Crippen LogP contribution in [0.2, 0.25) is 0 Å². The van der Waals surface area contributed by atoms with Gasteiger partial charge in [0.05, 0.1) is 5.41 Å². The zero-order valence-electron chi connectivity index (χ0n) is 23.3. The molecule has 4 saturated carbocycles. The van der Waals surface area contributed by atoms with E-state index < -0.39 is 17.7 Å². The van der Waals surface area contributed by atoms with Crippen molar-refractivity contribution in [3.05, 3.63) is 90.5 Å². The topological polar surface area (TPSA) is 78.9 Å². The lowest BCUT2D eigenvalue weighted by Crippen LogP contribution is -2.58. The Morgan fingerprint density at radius 2 is 1.43 bits per heavy atom. The number of rotatable bonds is 8. The second-order valence-corrected chi connectivity index (χ2v) is 12.6. The molecule has 4 bridgehead atoms. The van der Waals surface area contributed by atoms with E-state index in [-0.39, 0.29) is 17.3 Å². The van der Waals surface area contributed by atoms with E-state index in [2.05, 4.69) is 83.0 Å². The Hall–Kier alpha value is -3.80. The Kier molecular flexibility index (Phi) is 6.81. The normalized spacial score (nSPS) is 27.3. The summed E-state index contributed by atoms with van der Waals surface area (Å²) in [7, 11) is 0. The summed E-state index contributed by atoms with van der Waals surface area (Å²) in [5.74, 6) is 0.565. The molecule has 3 unspecified atom stereocenters. The second-order valence-electron chi connectivity index (χ2n) is 12.6. The maximum absolute atomic E-state index is 13.8. The maximum Gasteiger partial charge on any atom is 0.407 e. The summed E-state index contributed by atoms with van der Waals surface area (Å²) in [4.78, 5) is 27.5. The molecular formula is C34H38N2O4. The van der Waals surface area contributed by atoms with Crippen LogP contribution in [0.1, 0.15) is 57.9 Å². The summed E-state index contributed by atoms with van der Waals surface area (Å²) in [5.41, 5.74) is 3.94. The molecule has 3 aromatic rings. The fourth-order valence-electron chi connectivity index (χ4n) is 8.11. The Morgan fingerprint density at radius 3 is 1.98 bits per heavy atom. The molecule has 6 heteroatoms. The van der Waals surface area contributed by atoms with Crippen molar-refractivity contribution in [2.24, 2.45) is 23.2 Å². The number of para-hydroxylation sites is 2. The highest BCUT2D eigenvalue weighted by atomic mass is 16.6. The third-order valence-corrected chi connectivity index (χ3v) is 9.34. The van der Waals surface area contributed by atoms with Crippen LogP contribution in [-0.4, -0.2) is 23.4 Å². The number of carboxylic acid groups (broad SMARTS) is 1. The van der Waals surface area contributed by atoms with E-state index in [0.29, 0.717) is 11.8 Å². The van der Waals surface area contributed by atoms with Crippen molar-refractivity contribution in [2.75, 3.05) is 4.90 Å². The monoisotopic (exact) mass is 538 g/mol. The summed E-state index contributed by atoms with van der Waals surface area (Å²) in [5, 5.41) is 11.7. The molecule has 0 aromatic heterocycles. The standard InChI is InChI=1S/C34H38N2O4/c1-23(2)30(35-32(38)39)40-31(37)34-20-24-16-25(21-34)19-33(18-24,22-34)26-10-9-15-29(17-26)36(27-11-5-3-6-12-27)28-13-7-4-8-14-28/h3-15,17,23-25,30,35H,16,18-22H2,1-2H3,(H,38,39). The fourth-order valence-corrected chi connectivity index (χ4v) is 8.11. The molecule has 4 fully saturated rings. The number of anilines is 3. The van der Waals surface area contributed by atoms with Crippen molar-refractivity contribution >= 4 is 29.1 Å². The van der Waals surface area contributed by atoms with E-state index in [1.54, 1.807) is 0 Å². The van der Waals surface area contributed by atoms with Crippen molar-refractivity contribution in [3.8, 4) is 0 Å². The molecule has 0 aliphatic heterocycles. The minimum absolute atomic E-state index is 0.0916. The third-order valence-electron chi connectivity index (χ3n) is 9.34. The van der Waals surface area contributed by atoms with Crippen molar-refractivity contribution in [2.45, 2.75) is 64.0 Å². The molecule has 0 heterocycles. The van der Waals surface area contributed by atoms with Crippen LogP contribution in [0.3, 0.4) is 0 Å². The van der Waals surface area contributed by atoms with Gasteiger partial charge in [-0.1, -0.05) is 62.4 Å². The SMILES string of the molecule is CC(C)C(NC(=O)O)OC(=O)C12CC3CC(C1)CC(c1cccc(N(c4ccccc4)c4ccccc4)c1)(C3)C2. The first-order chi connectivity index (χ1) is 19.3. The predicted molar refractivity (Wildman–Crippen MR) is 156 cm³/mol. The number of ether oxygens (including phenoxy) is 1. The maximum atomic E-state index is 13.8. The first kappa shape index (κ1) is 26.4. The lowest BCUT2D eigenvalue weighted by Gasteiger charge is -2.61. The van der Waals surface area contributed by atoms with Crippen molar-refractivity contribution < 1.29 is 19.4 Å². The van der Waals surface area contributed by atoms with Gasteiger partial charge in [-0.2, -0.15) is 0 Å². The number of esters is 1. The van der Waals surface area contributed by atoms with Gasteiger partial charge in [0, 0.05) is 23.0 Å². The van der Waals surface area contributed by atoms with Crippen LogP contribution in [0.15, 0.2) is 84.9 Å². The lowest BCUT2D eigenvalue weighted by molar-refractivity contribution is -0.182. The Morgan fingerprint density at radius 1 is 0.850 bits per heavy atom. The van der Waals surface area contributed by atoms with Crippen molar-refractivity contribution in [1.82, 2.24) is 5.32 Å². The number of nitrogens with one attached hydrogen (secondary N) is 1. The molecule has 4 aliphatic rings. The number of carbonyl (C=O) groups is 2. The molecule has 40 heavy (non-hydrogen) atoms. The summed E-state index contributed by atoms with van der Waals surface area (Å²) >= 11 is 0. The van der Waals surface area contributed by atoms with E-state index in [1.807, 2.05) is 26.0 Å². The molecule has 0 radical (unpaired) electrons. The summed E-state index contributed by atoms with van der Waals surface area (Å²) in [6.45, 7) is 3.73. The lowest BCUT2D eigenvalue weighted by atomic mass is 9.43. The predicted octanol–water partition coefficient (Wildman–Crippen LogP) is 7.79. The van der Waals surface area contributed by atoms with Gasteiger partial charge in [0.25, 0.3) is 0 Å². The molecule has 1 amide bonds. The molecule has 2 N–H and O–H groups in total. The van der Waals surface area contributed by atoms with Gasteiger partial charge < -0.3 is 14.7 Å². The van der Waals surface area contributed by atoms with Gasteiger partial charge in [-0.15, -0.1) is 0 Å². The number of hydrogen-bond donors (Lipinski definition) is 2. The Balaban J connectivity index is 1.35. The van der Waals surface area contributed by atoms with Crippen LogP contribution in [0.5, 0.6) is 0 Å². The van der Waals surface area contributed by atoms with E-state index in [0.717, 1.165) is 55.6 Å². The van der Waals surface area contributed by atoms with E-state index in [4.69, 9.17) is 4.74 Å². The zero-order valence-corrected chi connectivity index (χ0v) is 23.3. The van der Waals surface area contributed by atoms with Crippen molar-refractivity contribution in [3.63, 3.8) is 0 Å². The molecule has 4 aliphatic carbocycles. The van der Waals surface area contributed by atoms with Crippen LogP contribution in [0.25, 0.3) is 0 Å². The molecule has 3 aromatic carbocycles. The minimum Gasteiger partial charge on any atom is -0.465 e. The van der Waals surface area contributed by atoms with Crippen molar-refractivity contribution in [1.29, 1.82) is 0 Å². The molecular weight excluding hydrogens is 500 g/mol. The number of carbonyl (C=O) groups excluding carboxylic acids is 1. The summed E-state index contributed by atoms with van der Waals surface area (Å²) in [6, 6.07) is 29.7. The molecule has 3 atom stereocenters. The van der Waals surface area contributed by atoms with Gasteiger partial charge in [-0.05, 0) is 97.7 Å². The first-order valence-electron chi connectivity index (χ1n) is 14.5. The number of hydrogen-bond acceptors (Lipinski definition) is 4. The average molecular weight is 539 g/mol. The highest BCUT2D eigenvalue weighted by Gasteiger charge is 2.62. The van der Waals surface area contributed by atoms with E-state index >= 15 is 0 Å². The number of amides is 1. The Labute approximate surface area is 236 Å². The van der Waals surface area contributed by atoms with Crippen LogP contribution in [0.4, 0.5) is 21.9 Å². The molecule has 0 saturated heterocycles. The van der Waals surface area contributed by atoms with Crippen LogP contribution in [0, 0.1) is 23.2 Å². The van der Waals surface area contributed by atoms with Crippen LogP contribution >= 0.6 is 0 Å². The molecule has 0 spiro atoms. The average Bonchev–Trinajstić information content (AvgIpc) is 2.93. The highest BCUT2D eigenvalue weighted by molar-refractivity contribution is 5.79. The Bertz CT molecular complexity index is 1320. The summed E-state index contributed by atoms with van der Waals surface area (Å²) < 4.78 is 5.93. The quantitative estimate of drug-likeness (QED) is 0.226.